The average molecular weight is 517 g/mol. The zero-order chi connectivity index (χ0) is 26.8. The maximum atomic E-state index is 10.6. The number of aryl methyl sites for hydroxylation is 1. The van der Waals surface area contributed by atoms with Gasteiger partial charge in [0, 0.05) is 17.7 Å². The first-order chi connectivity index (χ1) is 19.1. The summed E-state index contributed by atoms with van der Waals surface area (Å²) in [5, 5.41) is 25.2. The highest BCUT2D eigenvalue weighted by atomic mass is 16.5. The van der Waals surface area contributed by atoms with E-state index in [-0.39, 0.29) is 11.5 Å². The Bertz CT molecular complexity index is 1710. The van der Waals surface area contributed by atoms with Crippen molar-refractivity contribution in [1.29, 1.82) is 0 Å². The van der Waals surface area contributed by atoms with Crippen molar-refractivity contribution in [2.45, 2.75) is 45.4 Å². The Hall–Kier alpha value is -4.38. The van der Waals surface area contributed by atoms with Gasteiger partial charge < -0.3 is 14.9 Å². The summed E-state index contributed by atoms with van der Waals surface area (Å²) < 4.78 is 6.14. The number of phenols is 2. The molecule has 5 aromatic rings. The lowest BCUT2D eigenvalue weighted by molar-refractivity contribution is 0.294. The van der Waals surface area contributed by atoms with Gasteiger partial charge in [-0.3, -0.25) is 0 Å². The Labute approximate surface area is 228 Å². The van der Waals surface area contributed by atoms with Crippen LogP contribution in [0.15, 0.2) is 72.8 Å². The number of aromatic hydroxyl groups is 2. The van der Waals surface area contributed by atoms with E-state index in [0.29, 0.717) is 23.9 Å². The Morgan fingerprint density at radius 3 is 2.49 bits per heavy atom. The lowest BCUT2D eigenvalue weighted by Gasteiger charge is -2.18. The lowest BCUT2D eigenvalue weighted by Crippen LogP contribution is -2.03. The van der Waals surface area contributed by atoms with Gasteiger partial charge >= 0.3 is 0 Å². The highest BCUT2D eigenvalue weighted by Gasteiger charge is 2.18. The third kappa shape index (κ3) is 4.92. The highest BCUT2D eigenvalue weighted by molar-refractivity contribution is 6.14. The molecule has 0 fully saturated rings. The molecule has 0 bridgehead atoms. The van der Waals surface area contributed by atoms with Gasteiger partial charge in [-0.15, -0.1) is 0 Å². The van der Waals surface area contributed by atoms with Crippen LogP contribution < -0.4 is 4.74 Å². The molecule has 0 saturated heterocycles. The minimum Gasteiger partial charge on any atom is -0.508 e. The van der Waals surface area contributed by atoms with Crippen LogP contribution in [0.5, 0.6) is 17.4 Å². The van der Waals surface area contributed by atoms with Crippen LogP contribution in [0.4, 0.5) is 0 Å². The van der Waals surface area contributed by atoms with Crippen LogP contribution in [0.2, 0.25) is 0 Å². The maximum Gasteiger partial charge on any atom is 0.217 e. The molecule has 1 aliphatic rings. The molecule has 0 spiro atoms. The summed E-state index contributed by atoms with van der Waals surface area (Å²) in [6.07, 6.45) is 10.9. The minimum atomic E-state index is -0.0785. The second-order valence-electron chi connectivity index (χ2n) is 10.2. The van der Waals surface area contributed by atoms with Crippen LogP contribution in [-0.2, 0) is 6.42 Å². The number of hydrogen-bond donors (Lipinski definition) is 2. The zero-order valence-electron chi connectivity index (χ0n) is 22.2. The third-order valence-electron chi connectivity index (χ3n) is 7.50. The number of hydrogen-bond acceptors (Lipinski definition) is 5. The first kappa shape index (κ1) is 24.9. The van der Waals surface area contributed by atoms with E-state index in [0.717, 1.165) is 48.7 Å². The molecule has 5 heteroatoms. The summed E-state index contributed by atoms with van der Waals surface area (Å²) in [6.45, 7) is 2.75. The highest BCUT2D eigenvalue weighted by Crippen LogP contribution is 2.40. The summed E-state index contributed by atoms with van der Waals surface area (Å²) in [5.41, 5.74) is 4.80. The molecule has 0 radical (unpaired) electrons. The first-order valence-corrected chi connectivity index (χ1v) is 13.8. The zero-order valence-corrected chi connectivity index (χ0v) is 22.2. The topological polar surface area (TPSA) is 75.5 Å². The number of benzene rings is 4. The van der Waals surface area contributed by atoms with E-state index in [2.05, 4.69) is 66.5 Å². The molecule has 1 heterocycles. The summed E-state index contributed by atoms with van der Waals surface area (Å²) in [7, 11) is 0. The molecule has 0 unspecified atom stereocenters. The second-order valence-corrected chi connectivity index (χ2v) is 10.2. The molecule has 4 aromatic carbocycles. The van der Waals surface area contributed by atoms with E-state index in [1.165, 1.54) is 45.8 Å². The molecule has 196 valence electrons. The molecular weight excluding hydrogens is 484 g/mol. The Morgan fingerprint density at radius 1 is 0.795 bits per heavy atom. The molecule has 6 rings (SSSR count). The lowest BCUT2D eigenvalue weighted by atomic mass is 9.87. The fourth-order valence-corrected chi connectivity index (χ4v) is 5.51. The number of rotatable bonds is 8. The van der Waals surface area contributed by atoms with Crippen LogP contribution in [0.3, 0.4) is 0 Å². The van der Waals surface area contributed by atoms with E-state index in [1.807, 2.05) is 6.07 Å². The number of allylic oxidation sites excluding steroid dienone is 1. The molecule has 0 amide bonds. The molecule has 0 aliphatic heterocycles. The van der Waals surface area contributed by atoms with Gasteiger partial charge in [-0.05, 0) is 70.1 Å². The Kier molecular flexibility index (Phi) is 6.89. The first-order valence-electron chi connectivity index (χ1n) is 13.8. The van der Waals surface area contributed by atoms with Crippen molar-refractivity contribution in [2.24, 2.45) is 0 Å². The fourth-order valence-electron chi connectivity index (χ4n) is 5.51. The van der Waals surface area contributed by atoms with Gasteiger partial charge in [-0.1, -0.05) is 74.7 Å². The monoisotopic (exact) mass is 516 g/mol. The van der Waals surface area contributed by atoms with Crippen molar-refractivity contribution in [3.63, 3.8) is 0 Å². The summed E-state index contributed by atoms with van der Waals surface area (Å²) >= 11 is 0. The molecule has 39 heavy (non-hydrogen) atoms. The second kappa shape index (κ2) is 10.8. The SMILES string of the molecule is CCCCCCOc1cc(-c2cc3c4c(ccc3c3ccccc23)C=CCC4)nc(-c2ccc(O)cc2O)n1. The molecule has 1 aliphatic carbocycles. The van der Waals surface area contributed by atoms with Crippen LogP contribution in [0.1, 0.15) is 50.2 Å². The summed E-state index contributed by atoms with van der Waals surface area (Å²) in [6, 6.07) is 21.5. The van der Waals surface area contributed by atoms with E-state index < -0.39 is 0 Å². The van der Waals surface area contributed by atoms with Gasteiger partial charge in [0.2, 0.25) is 5.88 Å². The number of aromatic nitrogens is 2. The minimum absolute atomic E-state index is 0.0147. The van der Waals surface area contributed by atoms with Gasteiger partial charge in [0.25, 0.3) is 0 Å². The van der Waals surface area contributed by atoms with Crippen molar-refractivity contribution in [3.8, 4) is 40.0 Å². The maximum absolute atomic E-state index is 10.6. The third-order valence-corrected chi connectivity index (χ3v) is 7.50. The Morgan fingerprint density at radius 2 is 1.64 bits per heavy atom. The molecule has 2 N–H and O–H groups in total. The Balaban J connectivity index is 1.55. The summed E-state index contributed by atoms with van der Waals surface area (Å²) in [4.78, 5) is 9.61. The molecule has 1 aromatic heterocycles. The van der Waals surface area contributed by atoms with Crippen LogP contribution in [-0.4, -0.2) is 26.8 Å². The van der Waals surface area contributed by atoms with Crippen molar-refractivity contribution in [2.75, 3.05) is 6.61 Å². The van der Waals surface area contributed by atoms with Gasteiger partial charge in [0.1, 0.15) is 11.5 Å². The van der Waals surface area contributed by atoms with Gasteiger partial charge in [0.05, 0.1) is 17.9 Å². The molecular formula is C34H32N2O3. The summed E-state index contributed by atoms with van der Waals surface area (Å²) in [5.74, 6) is 0.737. The number of unbranched alkanes of at least 4 members (excludes halogenated alkanes) is 3. The van der Waals surface area contributed by atoms with E-state index in [9.17, 15) is 10.2 Å². The largest absolute Gasteiger partial charge is 0.508 e. The van der Waals surface area contributed by atoms with E-state index in [4.69, 9.17) is 9.72 Å². The molecule has 0 atom stereocenters. The predicted molar refractivity (Wildman–Crippen MR) is 158 cm³/mol. The molecule has 5 nitrogen and oxygen atoms in total. The smallest absolute Gasteiger partial charge is 0.217 e. The van der Waals surface area contributed by atoms with Crippen molar-refractivity contribution < 1.29 is 14.9 Å². The number of ether oxygens (including phenoxy) is 1. The number of phenolic OH excluding ortho intramolecular Hbond substituents is 2. The number of fused-ring (bicyclic) bond motifs is 5. The predicted octanol–water partition coefficient (Wildman–Crippen LogP) is 8.45. The van der Waals surface area contributed by atoms with Gasteiger partial charge in [0.15, 0.2) is 5.82 Å². The quantitative estimate of drug-likeness (QED) is 0.160. The van der Waals surface area contributed by atoms with Crippen molar-refractivity contribution >= 4 is 27.6 Å². The van der Waals surface area contributed by atoms with E-state index in [1.54, 1.807) is 6.07 Å². The molecule has 0 saturated carbocycles. The fraction of sp³-hybridized carbons (Fsp3) is 0.235. The van der Waals surface area contributed by atoms with Crippen LogP contribution in [0, 0.1) is 0 Å². The van der Waals surface area contributed by atoms with E-state index >= 15 is 0 Å². The van der Waals surface area contributed by atoms with Gasteiger partial charge in [-0.2, -0.15) is 4.98 Å². The van der Waals surface area contributed by atoms with Gasteiger partial charge in [-0.25, -0.2) is 4.98 Å². The van der Waals surface area contributed by atoms with Crippen molar-refractivity contribution in [3.05, 3.63) is 83.9 Å². The van der Waals surface area contributed by atoms with Crippen LogP contribution in [0.25, 0.3) is 50.3 Å². The van der Waals surface area contributed by atoms with Crippen molar-refractivity contribution in [1.82, 2.24) is 9.97 Å². The standard InChI is InChI=1S/C34H32N2O3/c1-2-3-4-9-18-39-33-21-31(35-34(36-33)28-17-15-23(37)19-32(28)38)30-20-29-24-11-6-5-10-22(24)14-16-27(29)25-12-7-8-13-26(25)30/h5,7-8,10,12-17,19-21,37-38H,2-4,6,9,11,18H2,1H3. The average Bonchev–Trinajstić information content (AvgIpc) is 2.96. The normalized spacial score (nSPS) is 12.6. The number of nitrogens with zero attached hydrogens (tertiary/aromatic N) is 2. The van der Waals surface area contributed by atoms with Crippen LogP contribution >= 0.6 is 0 Å².